The van der Waals surface area contributed by atoms with Gasteiger partial charge in [0.2, 0.25) is 0 Å². The minimum absolute atomic E-state index is 0.102. The van der Waals surface area contributed by atoms with E-state index in [1.807, 2.05) is 48.6 Å². The zero-order chi connectivity index (χ0) is 19.7. The van der Waals surface area contributed by atoms with Crippen molar-refractivity contribution in [1.29, 1.82) is 0 Å². The number of hydrogen-bond acceptors (Lipinski definition) is 5. The normalized spacial score (nSPS) is 17.0. The zero-order valence-electron chi connectivity index (χ0n) is 16.3. The highest BCUT2D eigenvalue weighted by atomic mass is 16.2. The number of aromatic amines is 1. The number of rotatable bonds is 3. The molecule has 9 nitrogen and oxygen atoms in total. The molecule has 146 valence electrons. The van der Waals surface area contributed by atoms with E-state index in [0.717, 1.165) is 53.7 Å². The van der Waals surface area contributed by atoms with Crippen LogP contribution in [0.15, 0.2) is 24.5 Å². The van der Waals surface area contributed by atoms with Crippen molar-refractivity contribution in [1.82, 2.24) is 34.8 Å². The van der Waals surface area contributed by atoms with E-state index in [4.69, 9.17) is 0 Å². The lowest BCUT2D eigenvalue weighted by atomic mass is 9.97. The van der Waals surface area contributed by atoms with Crippen LogP contribution in [0.1, 0.15) is 36.0 Å². The number of amides is 2. The lowest BCUT2D eigenvalue weighted by molar-refractivity contribution is 0.191. The van der Waals surface area contributed by atoms with Crippen LogP contribution in [0.4, 0.5) is 10.5 Å². The Bertz CT molecular complexity index is 991. The standard InChI is InChI=1S/C19H24N8O/c1-12-15(18-25-20-11-26(18)3)7-4-8-16(12)22-19(28)27-9-5-6-14(10-27)17-21-13(2)23-24-17/h4,7-8,11,14H,5-6,9-10H2,1-3H3,(H,22,28)(H,21,23,24)/t14-/m1/s1. The summed E-state index contributed by atoms with van der Waals surface area (Å²) in [7, 11) is 1.90. The van der Waals surface area contributed by atoms with Crippen LogP contribution in [0.25, 0.3) is 11.4 Å². The van der Waals surface area contributed by atoms with Crippen LogP contribution in [0.2, 0.25) is 0 Å². The topological polar surface area (TPSA) is 105 Å². The molecular formula is C19H24N8O. The third-order valence-corrected chi connectivity index (χ3v) is 5.22. The summed E-state index contributed by atoms with van der Waals surface area (Å²) in [5, 5.41) is 18.3. The van der Waals surface area contributed by atoms with Gasteiger partial charge in [0, 0.05) is 37.3 Å². The predicted octanol–water partition coefficient (Wildman–Crippen LogP) is 2.63. The van der Waals surface area contributed by atoms with Gasteiger partial charge >= 0.3 is 6.03 Å². The van der Waals surface area contributed by atoms with Crippen molar-refractivity contribution in [3.05, 3.63) is 41.7 Å². The van der Waals surface area contributed by atoms with Crippen LogP contribution in [0.5, 0.6) is 0 Å². The fourth-order valence-corrected chi connectivity index (χ4v) is 3.65. The van der Waals surface area contributed by atoms with Gasteiger partial charge in [-0.1, -0.05) is 12.1 Å². The summed E-state index contributed by atoms with van der Waals surface area (Å²) in [6, 6.07) is 5.71. The number of nitrogens with one attached hydrogen (secondary N) is 2. The quantitative estimate of drug-likeness (QED) is 0.727. The molecule has 1 saturated heterocycles. The SMILES string of the molecule is Cc1nc([C@@H]2CCCN(C(=O)Nc3cccc(-c4nncn4C)c3C)C2)n[nH]1. The van der Waals surface area contributed by atoms with Gasteiger partial charge in [0.1, 0.15) is 12.2 Å². The molecule has 1 atom stereocenters. The van der Waals surface area contributed by atoms with Gasteiger partial charge in [-0.2, -0.15) is 5.10 Å². The maximum atomic E-state index is 12.9. The van der Waals surface area contributed by atoms with E-state index < -0.39 is 0 Å². The Labute approximate surface area is 163 Å². The average Bonchev–Trinajstić information content (AvgIpc) is 3.32. The lowest BCUT2D eigenvalue weighted by Gasteiger charge is -2.31. The number of hydrogen-bond donors (Lipinski definition) is 2. The number of nitrogens with zero attached hydrogens (tertiary/aromatic N) is 6. The van der Waals surface area contributed by atoms with Crippen LogP contribution in [0.3, 0.4) is 0 Å². The maximum absolute atomic E-state index is 12.9. The molecule has 0 spiro atoms. The average molecular weight is 380 g/mol. The number of likely N-dealkylation sites (tertiary alicyclic amines) is 1. The fraction of sp³-hybridized carbons (Fsp3) is 0.421. The first-order valence-electron chi connectivity index (χ1n) is 9.41. The van der Waals surface area contributed by atoms with Gasteiger partial charge in [-0.05, 0) is 38.3 Å². The van der Waals surface area contributed by atoms with Crippen molar-refractivity contribution >= 4 is 11.7 Å². The first-order valence-corrected chi connectivity index (χ1v) is 9.41. The molecule has 0 radical (unpaired) electrons. The van der Waals surface area contributed by atoms with E-state index >= 15 is 0 Å². The van der Waals surface area contributed by atoms with Crippen LogP contribution in [-0.2, 0) is 7.05 Å². The second kappa shape index (κ2) is 7.41. The number of urea groups is 1. The second-order valence-electron chi connectivity index (χ2n) is 7.24. The second-order valence-corrected chi connectivity index (χ2v) is 7.24. The van der Waals surface area contributed by atoms with Gasteiger partial charge in [-0.15, -0.1) is 10.2 Å². The summed E-state index contributed by atoms with van der Waals surface area (Å²) in [5.41, 5.74) is 2.69. The molecule has 2 aromatic heterocycles. The number of benzene rings is 1. The van der Waals surface area contributed by atoms with Gasteiger partial charge < -0.3 is 14.8 Å². The first kappa shape index (κ1) is 18.1. The Kier molecular flexibility index (Phi) is 4.81. The zero-order valence-corrected chi connectivity index (χ0v) is 16.3. The number of piperidine rings is 1. The number of carbonyl (C=O) groups excluding carboxylic acids is 1. The molecule has 2 N–H and O–H groups in total. The Morgan fingerprint density at radius 3 is 2.89 bits per heavy atom. The molecule has 3 aromatic rings. The Hall–Kier alpha value is -3.23. The molecule has 3 heterocycles. The molecule has 0 aliphatic carbocycles. The molecule has 2 amide bonds. The summed E-state index contributed by atoms with van der Waals surface area (Å²) < 4.78 is 1.86. The smallest absolute Gasteiger partial charge is 0.321 e. The fourth-order valence-electron chi connectivity index (χ4n) is 3.65. The third kappa shape index (κ3) is 3.47. The van der Waals surface area contributed by atoms with E-state index in [2.05, 4.69) is 30.7 Å². The van der Waals surface area contributed by atoms with Crippen molar-refractivity contribution in [2.45, 2.75) is 32.6 Å². The molecule has 9 heteroatoms. The van der Waals surface area contributed by atoms with Crippen LogP contribution in [0, 0.1) is 13.8 Å². The molecule has 28 heavy (non-hydrogen) atoms. The summed E-state index contributed by atoms with van der Waals surface area (Å²) in [6.45, 7) is 5.21. The summed E-state index contributed by atoms with van der Waals surface area (Å²) in [4.78, 5) is 19.2. The Balaban J connectivity index is 1.50. The highest BCUT2D eigenvalue weighted by Crippen LogP contribution is 2.28. The molecule has 0 unspecified atom stereocenters. The summed E-state index contributed by atoms with van der Waals surface area (Å²) >= 11 is 0. The predicted molar refractivity (Wildman–Crippen MR) is 105 cm³/mol. The van der Waals surface area contributed by atoms with Gasteiger partial charge in [0.15, 0.2) is 11.6 Å². The number of aryl methyl sites for hydroxylation is 2. The molecule has 0 bridgehead atoms. The number of aromatic nitrogens is 6. The molecular weight excluding hydrogens is 356 g/mol. The van der Waals surface area contributed by atoms with E-state index in [1.165, 1.54) is 0 Å². The Morgan fingerprint density at radius 1 is 1.32 bits per heavy atom. The maximum Gasteiger partial charge on any atom is 0.321 e. The highest BCUT2D eigenvalue weighted by molar-refractivity contribution is 5.91. The molecule has 1 aromatic carbocycles. The van der Waals surface area contributed by atoms with Crippen molar-refractivity contribution in [2.75, 3.05) is 18.4 Å². The van der Waals surface area contributed by atoms with Gasteiger partial charge in [-0.3, -0.25) is 5.10 Å². The van der Waals surface area contributed by atoms with E-state index in [0.29, 0.717) is 6.54 Å². The first-order chi connectivity index (χ1) is 13.5. The Morgan fingerprint density at radius 2 is 2.18 bits per heavy atom. The minimum Gasteiger partial charge on any atom is -0.324 e. The van der Waals surface area contributed by atoms with E-state index in [9.17, 15) is 4.79 Å². The molecule has 0 saturated carbocycles. The van der Waals surface area contributed by atoms with Crippen molar-refractivity contribution in [3.8, 4) is 11.4 Å². The van der Waals surface area contributed by atoms with Crippen LogP contribution >= 0.6 is 0 Å². The van der Waals surface area contributed by atoms with Gasteiger partial charge in [0.05, 0.1) is 0 Å². The third-order valence-electron chi connectivity index (χ3n) is 5.22. The largest absolute Gasteiger partial charge is 0.324 e. The lowest BCUT2D eigenvalue weighted by Crippen LogP contribution is -2.42. The molecule has 1 aliphatic rings. The minimum atomic E-state index is -0.102. The monoisotopic (exact) mass is 380 g/mol. The molecule has 1 fully saturated rings. The van der Waals surface area contributed by atoms with Crippen molar-refractivity contribution < 1.29 is 4.79 Å². The van der Waals surface area contributed by atoms with Crippen LogP contribution < -0.4 is 5.32 Å². The summed E-state index contributed by atoms with van der Waals surface area (Å²) in [6.07, 6.45) is 3.59. The summed E-state index contributed by atoms with van der Waals surface area (Å²) in [5.74, 6) is 2.52. The molecule has 1 aliphatic heterocycles. The van der Waals surface area contributed by atoms with E-state index in [-0.39, 0.29) is 11.9 Å². The number of anilines is 1. The van der Waals surface area contributed by atoms with E-state index in [1.54, 1.807) is 6.33 Å². The van der Waals surface area contributed by atoms with Crippen LogP contribution in [-0.4, -0.2) is 54.0 Å². The van der Waals surface area contributed by atoms with Gasteiger partial charge in [-0.25, -0.2) is 9.78 Å². The van der Waals surface area contributed by atoms with Gasteiger partial charge in [0.25, 0.3) is 0 Å². The van der Waals surface area contributed by atoms with Crippen molar-refractivity contribution in [2.24, 2.45) is 7.05 Å². The highest BCUT2D eigenvalue weighted by Gasteiger charge is 2.27. The molecule has 4 rings (SSSR count). The van der Waals surface area contributed by atoms with Crippen molar-refractivity contribution in [3.63, 3.8) is 0 Å². The number of H-pyrrole nitrogens is 1. The number of carbonyl (C=O) groups is 1.